The van der Waals surface area contributed by atoms with Gasteiger partial charge in [-0.05, 0) is 63.8 Å². The summed E-state index contributed by atoms with van der Waals surface area (Å²) in [5.41, 5.74) is 6.31. The smallest absolute Gasteiger partial charge is 0.123 e. The van der Waals surface area contributed by atoms with Crippen LogP contribution >= 0.6 is 11.3 Å². The van der Waals surface area contributed by atoms with E-state index >= 15 is 0 Å². The summed E-state index contributed by atoms with van der Waals surface area (Å²) in [6.45, 7) is 23.3. The van der Waals surface area contributed by atoms with Crippen LogP contribution in [0, 0.1) is 19.7 Å². The van der Waals surface area contributed by atoms with E-state index < -0.39 is 6.10 Å². The van der Waals surface area contributed by atoms with E-state index in [-0.39, 0.29) is 11.9 Å². The van der Waals surface area contributed by atoms with Crippen LogP contribution in [0.3, 0.4) is 0 Å². The van der Waals surface area contributed by atoms with Crippen LogP contribution in [-0.2, 0) is 0 Å². The number of unbranched alkanes of at least 4 members (excludes halogenated alkanes) is 1. The molecule has 188 valence electrons. The first-order chi connectivity index (χ1) is 16.2. The van der Waals surface area contributed by atoms with Crippen molar-refractivity contribution < 1.29 is 9.50 Å². The molecule has 0 saturated heterocycles. The molecule has 2 N–H and O–H groups in total. The highest BCUT2D eigenvalue weighted by Crippen LogP contribution is 2.39. The summed E-state index contributed by atoms with van der Waals surface area (Å²) in [6, 6.07) is 4.92. The zero-order valence-electron chi connectivity index (χ0n) is 21.9. The van der Waals surface area contributed by atoms with E-state index in [4.69, 9.17) is 0 Å². The van der Waals surface area contributed by atoms with Crippen molar-refractivity contribution in [3.8, 4) is 10.6 Å². The summed E-state index contributed by atoms with van der Waals surface area (Å²) in [6.07, 6.45) is 9.32. The van der Waals surface area contributed by atoms with Gasteiger partial charge in [0.05, 0.1) is 22.7 Å². The van der Waals surface area contributed by atoms with Gasteiger partial charge in [0.15, 0.2) is 0 Å². The largest absolute Gasteiger partial charge is 0.389 e. The van der Waals surface area contributed by atoms with Crippen LogP contribution in [0.2, 0.25) is 0 Å². The number of nitrogens with zero attached hydrogens (tertiary/aromatic N) is 2. The molecular weight excluding hydrogens is 445 g/mol. The van der Waals surface area contributed by atoms with Gasteiger partial charge in [0.25, 0.3) is 0 Å². The standard InChI is InChI=1S/C19H22FN3OS.C4H10.C3H6.C2H4/c1-11(5-6-12(2)24)22-23-10-21-14(4)18(23)19-13(3)16-9-15(20)7-8-17(16)25-19;1-3-4-2;1-3-2;1-2/h5-12,22,24H,1-4H3;3-4H2,1-2H3;3H,1H2,2H3;1-2H2/b6-5+;;;. The zero-order valence-corrected chi connectivity index (χ0v) is 22.7. The molecule has 0 aliphatic rings. The van der Waals surface area contributed by atoms with Gasteiger partial charge in [0, 0.05) is 4.70 Å². The van der Waals surface area contributed by atoms with Crippen molar-refractivity contribution in [2.75, 3.05) is 5.43 Å². The zero-order chi connectivity index (χ0) is 26.3. The number of aromatic nitrogens is 2. The third-order valence-corrected chi connectivity index (χ3v) is 5.86. The Morgan fingerprint density at radius 1 is 1.18 bits per heavy atom. The Balaban J connectivity index is 0.00000105. The second-order valence-electron chi connectivity index (χ2n) is 7.70. The molecule has 2 aromatic heterocycles. The molecule has 3 rings (SSSR count). The monoisotopic (exact) mass is 487 g/mol. The predicted octanol–water partition coefficient (Wildman–Crippen LogP) is 8.19. The first-order valence-corrected chi connectivity index (χ1v) is 12.4. The molecule has 0 bridgehead atoms. The van der Waals surface area contributed by atoms with Gasteiger partial charge in [-0.1, -0.05) is 44.9 Å². The molecule has 6 heteroatoms. The van der Waals surface area contributed by atoms with Gasteiger partial charge in [0.2, 0.25) is 0 Å². The Morgan fingerprint density at radius 3 is 2.29 bits per heavy atom. The lowest BCUT2D eigenvalue weighted by Gasteiger charge is -2.15. The van der Waals surface area contributed by atoms with Gasteiger partial charge in [-0.25, -0.2) is 14.1 Å². The number of aliphatic hydroxyl groups is 1. The number of thiophene rings is 1. The predicted molar refractivity (Wildman–Crippen MR) is 150 cm³/mol. The van der Waals surface area contributed by atoms with Crippen LogP contribution < -0.4 is 5.43 Å². The summed E-state index contributed by atoms with van der Waals surface area (Å²) >= 11 is 1.64. The van der Waals surface area contributed by atoms with E-state index in [1.54, 1.807) is 42.8 Å². The van der Waals surface area contributed by atoms with Crippen molar-refractivity contribution in [1.82, 2.24) is 9.66 Å². The average Bonchev–Trinajstić information content (AvgIpc) is 3.33. The minimum absolute atomic E-state index is 0.0223. The Labute approximate surface area is 209 Å². The van der Waals surface area contributed by atoms with Crippen molar-refractivity contribution in [2.45, 2.75) is 73.5 Å². The number of imidazole rings is 1. The third-order valence-electron chi connectivity index (χ3n) is 4.58. The minimum Gasteiger partial charge on any atom is -0.389 e. The molecular formula is C28H42FN3OS. The lowest BCUT2D eigenvalue weighted by Crippen LogP contribution is -2.23. The third kappa shape index (κ3) is 9.65. The number of rotatable bonds is 6. The molecule has 0 spiro atoms. The highest BCUT2D eigenvalue weighted by atomic mass is 32.1. The van der Waals surface area contributed by atoms with Crippen molar-refractivity contribution in [3.63, 3.8) is 0 Å². The summed E-state index contributed by atoms with van der Waals surface area (Å²) in [5.74, 6) is -0.222. The quantitative estimate of drug-likeness (QED) is 0.345. The van der Waals surface area contributed by atoms with E-state index in [1.165, 1.54) is 18.9 Å². The van der Waals surface area contributed by atoms with E-state index in [0.717, 1.165) is 31.9 Å². The Kier molecular flexibility index (Phi) is 15.5. The van der Waals surface area contributed by atoms with Crippen LogP contribution in [0.5, 0.6) is 0 Å². The number of allylic oxidation sites excluding steroid dienone is 1. The molecule has 2 unspecified atom stereocenters. The van der Waals surface area contributed by atoms with Crippen molar-refractivity contribution in [1.29, 1.82) is 0 Å². The molecule has 3 aromatic rings. The molecule has 0 aliphatic carbocycles. The van der Waals surface area contributed by atoms with E-state index in [2.05, 4.69) is 44.0 Å². The van der Waals surface area contributed by atoms with Crippen LogP contribution in [-0.4, -0.2) is 26.9 Å². The van der Waals surface area contributed by atoms with Gasteiger partial charge in [-0.15, -0.1) is 31.1 Å². The molecule has 1 aromatic carbocycles. The average molecular weight is 488 g/mol. The summed E-state index contributed by atoms with van der Waals surface area (Å²) in [4.78, 5) is 5.51. The minimum atomic E-state index is -0.479. The Morgan fingerprint density at radius 2 is 1.76 bits per heavy atom. The molecule has 34 heavy (non-hydrogen) atoms. The number of halogens is 1. The van der Waals surface area contributed by atoms with Crippen LogP contribution in [0.15, 0.2) is 62.5 Å². The number of aliphatic hydroxyl groups excluding tert-OH is 1. The lowest BCUT2D eigenvalue weighted by molar-refractivity contribution is 0.243. The first kappa shape index (κ1) is 31.3. The molecule has 0 aliphatic heterocycles. The van der Waals surface area contributed by atoms with Gasteiger partial charge in [0.1, 0.15) is 17.8 Å². The van der Waals surface area contributed by atoms with Gasteiger partial charge in [-0.2, -0.15) is 0 Å². The Bertz CT molecular complexity index is 1020. The Hall–Kier alpha value is -2.70. The fraction of sp³-hybridized carbons (Fsp3) is 0.393. The van der Waals surface area contributed by atoms with Crippen molar-refractivity contribution in [3.05, 3.63) is 79.6 Å². The van der Waals surface area contributed by atoms with Crippen molar-refractivity contribution >= 4 is 21.4 Å². The number of fused-ring (bicyclic) bond motifs is 1. The number of hydrogen-bond donors (Lipinski definition) is 2. The van der Waals surface area contributed by atoms with Crippen LogP contribution in [0.1, 0.15) is 58.7 Å². The van der Waals surface area contributed by atoms with Crippen molar-refractivity contribution in [2.24, 2.45) is 0 Å². The molecule has 2 atom stereocenters. The molecule has 0 radical (unpaired) electrons. The number of aryl methyl sites for hydroxylation is 2. The maximum absolute atomic E-state index is 13.6. The molecule has 2 heterocycles. The summed E-state index contributed by atoms with van der Waals surface area (Å²) in [5, 5.41) is 10.3. The molecule has 0 amide bonds. The first-order valence-electron chi connectivity index (χ1n) is 11.6. The highest BCUT2D eigenvalue weighted by molar-refractivity contribution is 7.22. The maximum atomic E-state index is 13.6. The summed E-state index contributed by atoms with van der Waals surface area (Å²) in [7, 11) is 0. The topological polar surface area (TPSA) is 50.1 Å². The second-order valence-corrected chi connectivity index (χ2v) is 8.75. The molecule has 0 fully saturated rings. The van der Waals surface area contributed by atoms with Crippen LogP contribution in [0.25, 0.3) is 20.7 Å². The van der Waals surface area contributed by atoms with E-state index in [0.29, 0.717) is 0 Å². The van der Waals surface area contributed by atoms with E-state index in [1.807, 2.05) is 44.5 Å². The second kappa shape index (κ2) is 16.8. The fourth-order valence-corrected chi connectivity index (χ4v) is 4.10. The fourth-order valence-electron chi connectivity index (χ4n) is 2.82. The SMILES string of the molecule is C=C.C=CC.CCCC.Cc1ncn(NC(C)/C=C/C(C)O)c1-c1sc2ccc(F)cc2c1C. The molecule has 4 nitrogen and oxygen atoms in total. The summed E-state index contributed by atoms with van der Waals surface area (Å²) < 4.78 is 16.6. The maximum Gasteiger partial charge on any atom is 0.123 e. The normalized spacial score (nSPS) is 11.9. The number of nitrogens with one attached hydrogen (secondary N) is 1. The van der Waals surface area contributed by atoms with Gasteiger partial charge >= 0.3 is 0 Å². The highest BCUT2D eigenvalue weighted by Gasteiger charge is 2.18. The molecule has 0 saturated carbocycles. The van der Waals surface area contributed by atoms with E-state index in [9.17, 15) is 9.50 Å². The lowest BCUT2D eigenvalue weighted by atomic mass is 10.1. The van der Waals surface area contributed by atoms with Gasteiger partial charge < -0.3 is 10.5 Å². The van der Waals surface area contributed by atoms with Gasteiger partial charge in [-0.3, -0.25) is 0 Å². The number of benzene rings is 1. The van der Waals surface area contributed by atoms with Crippen LogP contribution in [0.4, 0.5) is 4.39 Å². The number of hydrogen-bond acceptors (Lipinski definition) is 4.